The fraction of sp³-hybridized carbons (Fsp3) is 0.625. The summed E-state index contributed by atoms with van der Waals surface area (Å²) in [5.41, 5.74) is 1.11. The third-order valence-corrected chi connectivity index (χ3v) is 5.45. The van der Waals surface area contributed by atoms with Crippen LogP contribution in [0, 0.1) is 5.82 Å². The maximum atomic E-state index is 13.9. The van der Waals surface area contributed by atoms with E-state index >= 15 is 0 Å². The first-order valence-corrected chi connectivity index (χ1v) is 8.75. The van der Waals surface area contributed by atoms with E-state index in [0.29, 0.717) is 0 Å². The molecule has 0 aromatic heterocycles. The highest BCUT2D eigenvalue weighted by Crippen LogP contribution is 2.37. The number of benzene rings is 1. The molecule has 3 nitrogen and oxygen atoms in total. The Morgan fingerprint density at radius 1 is 1.48 bits per heavy atom. The lowest BCUT2D eigenvalue weighted by atomic mass is 10.0. The molecule has 2 aliphatic rings. The fourth-order valence-electron chi connectivity index (χ4n) is 3.06. The van der Waals surface area contributed by atoms with Crippen molar-refractivity contribution in [2.45, 2.75) is 30.4 Å². The second-order valence-corrected chi connectivity index (χ2v) is 6.75. The molecule has 3 rings (SSSR count). The van der Waals surface area contributed by atoms with Crippen molar-refractivity contribution in [3.63, 3.8) is 0 Å². The van der Waals surface area contributed by atoms with Crippen molar-refractivity contribution >= 4 is 11.8 Å². The van der Waals surface area contributed by atoms with Gasteiger partial charge in [0.05, 0.1) is 12.7 Å². The Hall–Kier alpha value is -0.620. The molecule has 0 radical (unpaired) electrons. The summed E-state index contributed by atoms with van der Waals surface area (Å²) in [6.45, 7) is 6.93. The van der Waals surface area contributed by atoms with E-state index in [0.717, 1.165) is 55.4 Å². The maximum Gasteiger partial charge on any atom is 0.137 e. The van der Waals surface area contributed by atoms with E-state index in [2.05, 4.69) is 17.1 Å². The predicted octanol–water partition coefficient (Wildman–Crippen LogP) is 2.67. The number of morpholine rings is 1. The number of likely N-dealkylation sites (N-methyl/N-ethyl adjacent to an activating group) is 1. The molecule has 5 heteroatoms. The molecule has 116 valence electrons. The molecular weight excluding hydrogens is 287 g/mol. The quantitative estimate of drug-likeness (QED) is 0.924. The van der Waals surface area contributed by atoms with Crippen molar-refractivity contribution in [1.82, 2.24) is 10.2 Å². The van der Waals surface area contributed by atoms with E-state index in [1.54, 1.807) is 17.8 Å². The molecule has 1 aromatic rings. The molecular formula is C16H23FN2OS. The van der Waals surface area contributed by atoms with Crippen molar-refractivity contribution in [2.75, 3.05) is 38.5 Å². The standard InChI is InChI=1S/C16H23FN2OS/c1-2-19-7-8-20-12(11-19)10-18-15-6-9-21-16-13(15)4-3-5-14(16)17/h3-5,12,15,18H,2,6-11H2,1H3. The van der Waals surface area contributed by atoms with Gasteiger partial charge in [-0.2, -0.15) is 0 Å². The molecule has 1 fully saturated rings. The molecule has 0 bridgehead atoms. The van der Waals surface area contributed by atoms with Crippen molar-refractivity contribution < 1.29 is 9.13 Å². The molecule has 1 saturated heterocycles. The molecule has 2 unspecified atom stereocenters. The Labute approximate surface area is 130 Å². The summed E-state index contributed by atoms with van der Waals surface area (Å²) in [4.78, 5) is 3.24. The summed E-state index contributed by atoms with van der Waals surface area (Å²) >= 11 is 1.63. The average Bonchev–Trinajstić information content (AvgIpc) is 2.53. The fourth-order valence-corrected chi connectivity index (χ4v) is 4.20. The molecule has 1 N–H and O–H groups in total. The number of ether oxygens (including phenoxy) is 1. The number of nitrogens with one attached hydrogen (secondary N) is 1. The molecule has 2 heterocycles. The van der Waals surface area contributed by atoms with Gasteiger partial charge >= 0.3 is 0 Å². The molecule has 0 aliphatic carbocycles. The van der Waals surface area contributed by atoms with Gasteiger partial charge in [-0.05, 0) is 30.3 Å². The minimum atomic E-state index is -0.0879. The smallest absolute Gasteiger partial charge is 0.137 e. The van der Waals surface area contributed by atoms with E-state index in [-0.39, 0.29) is 18.0 Å². The lowest BCUT2D eigenvalue weighted by Crippen LogP contribution is -2.47. The van der Waals surface area contributed by atoms with E-state index in [1.807, 2.05) is 12.1 Å². The predicted molar refractivity (Wildman–Crippen MR) is 84.3 cm³/mol. The van der Waals surface area contributed by atoms with Crippen LogP contribution in [-0.4, -0.2) is 49.5 Å². The monoisotopic (exact) mass is 310 g/mol. The Morgan fingerprint density at radius 2 is 2.38 bits per heavy atom. The van der Waals surface area contributed by atoms with Crippen molar-refractivity contribution in [3.05, 3.63) is 29.6 Å². The topological polar surface area (TPSA) is 24.5 Å². The van der Waals surface area contributed by atoms with Crippen LogP contribution >= 0.6 is 11.8 Å². The Bertz CT molecular complexity index is 485. The van der Waals surface area contributed by atoms with Gasteiger partial charge in [0.25, 0.3) is 0 Å². The van der Waals surface area contributed by atoms with Gasteiger partial charge in [-0.1, -0.05) is 19.1 Å². The molecule has 0 amide bonds. The van der Waals surface area contributed by atoms with Crippen LogP contribution in [0.25, 0.3) is 0 Å². The molecule has 2 atom stereocenters. The first-order valence-electron chi connectivity index (χ1n) is 7.76. The number of nitrogens with zero attached hydrogens (tertiary/aromatic N) is 1. The van der Waals surface area contributed by atoms with Gasteiger partial charge in [0.1, 0.15) is 5.82 Å². The second kappa shape index (κ2) is 7.09. The van der Waals surface area contributed by atoms with Crippen LogP contribution in [0.3, 0.4) is 0 Å². The zero-order valence-corrected chi connectivity index (χ0v) is 13.3. The Balaban J connectivity index is 1.61. The van der Waals surface area contributed by atoms with Crippen LogP contribution in [0.15, 0.2) is 23.1 Å². The third-order valence-electron chi connectivity index (χ3n) is 4.29. The highest BCUT2D eigenvalue weighted by Gasteiger charge is 2.25. The summed E-state index contributed by atoms with van der Waals surface area (Å²) < 4.78 is 19.7. The summed E-state index contributed by atoms with van der Waals surface area (Å²) in [6, 6.07) is 5.66. The van der Waals surface area contributed by atoms with Crippen LogP contribution in [-0.2, 0) is 4.74 Å². The van der Waals surface area contributed by atoms with Crippen molar-refractivity contribution in [1.29, 1.82) is 0 Å². The zero-order chi connectivity index (χ0) is 14.7. The number of halogens is 1. The normalized spacial score (nSPS) is 26.6. The molecule has 0 spiro atoms. The van der Waals surface area contributed by atoms with Crippen LogP contribution in [0.2, 0.25) is 0 Å². The molecule has 2 aliphatic heterocycles. The first kappa shape index (κ1) is 15.3. The van der Waals surface area contributed by atoms with Gasteiger partial charge in [-0.25, -0.2) is 4.39 Å². The zero-order valence-electron chi connectivity index (χ0n) is 12.5. The number of rotatable bonds is 4. The first-order chi connectivity index (χ1) is 10.3. The SMILES string of the molecule is CCN1CCOC(CNC2CCSc3c(F)cccc32)C1. The maximum absolute atomic E-state index is 13.9. The molecule has 0 saturated carbocycles. The summed E-state index contributed by atoms with van der Waals surface area (Å²) in [5.74, 6) is 0.883. The van der Waals surface area contributed by atoms with E-state index in [9.17, 15) is 4.39 Å². The van der Waals surface area contributed by atoms with E-state index in [1.165, 1.54) is 0 Å². The Morgan fingerprint density at radius 3 is 3.24 bits per heavy atom. The van der Waals surface area contributed by atoms with Crippen LogP contribution in [0.4, 0.5) is 4.39 Å². The minimum Gasteiger partial charge on any atom is -0.374 e. The average molecular weight is 310 g/mol. The highest BCUT2D eigenvalue weighted by atomic mass is 32.2. The lowest BCUT2D eigenvalue weighted by Gasteiger charge is -2.34. The lowest BCUT2D eigenvalue weighted by molar-refractivity contribution is -0.0264. The van der Waals surface area contributed by atoms with Gasteiger partial charge in [0.2, 0.25) is 0 Å². The van der Waals surface area contributed by atoms with Crippen molar-refractivity contribution in [3.8, 4) is 0 Å². The number of fused-ring (bicyclic) bond motifs is 1. The minimum absolute atomic E-state index is 0.0879. The van der Waals surface area contributed by atoms with Gasteiger partial charge in [0, 0.05) is 30.6 Å². The van der Waals surface area contributed by atoms with Crippen LogP contribution in [0.1, 0.15) is 24.9 Å². The summed E-state index contributed by atoms with van der Waals surface area (Å²) in [7, 11) is 0. The second-order valence-electron chi connectivity index (χ2n) is 5.64. The molecule has 1 aromatic carbocycles. The number of thioether (sulfide) groups is 1. The summed E-state index contributed by atoms with van der Waals surface area (Å²) in [5, 5.41) is 3.59. The Kier molecular flexibility index (Phi) is 5.16. The summed E-state index contributed by atoms with van der Waals surface area (Å²) in [6.07, 6.45) is 1.29. The van der Waals surface area contributed by atoms with Gasteiger partial charge < -0.3 is 10.1 Å². The third kappa shape index (κ3) is 3.59. The highest BCUT2D eigenvalue weighted by molar-refractivity contribution is 7.99. The van der Waals surface area contributed by atoms with Gasteiger partial charge in [-0.3, -0.25) is 4.90 Å². The largest absolute Gasteiger partial charge is 0.374 e. The van der Waals surface area contributed by atoms with Gasteiger partial charge in [-0.15, -0.1) is 11.8 Å². The number of hydrogen-bond donors (Lipinski definition) is 1. The van der Waals surface area contributed by atoms with Crippen LogP contribution in [0.5, 0.6) is 0 Å². The molecule has 21 heavy (non-hydrogen) atoms. The van der Waals surface area contributed by atoms with E-state index in [4.69, 9.17) is 4.74 Å². The van der Waals surface area contributed by atoms with Crippen molar-refractivity contribution in [2.24, 2.45) is 0 Å². The van der Waals surface area contributed by atoms with E-state index < -0.39 is 0 Å². The van der Waals surface area contributed by atoms with Crippen LogP contribution < -0.4 is 5.32 Å². The number of hydrogen-bond acceptors (Lipinski definition) is 4. The van der Waals surface area contributed by atoms with Gasteiger partial charge in [0.15, 0.2) is 0 Å².